The van der Waals surface area contributed by atoms with Crippen LogP contribution in [0.3, 0.4) is 0 Å². The minimum absolute atomic E-state index is 0.00643. The first kappa shape index (κ1) is 39.6. The number of carbonyl (C=O) groups is 2. The van der Waals surface area contributed by atoms with E-state index in [4.69, 9.17) is 33.2 Å². The van der Waals surface area contributed by atoms with Crippen molar-refractivity contribution in [2.24, 2.45) is 11.8 Å². The van der Waals surface area contributed by atoms with Crippen LogP contribution in [0.25, 0.3) is 0 Å². The molecule has 18 atom stereocenters. The van der Waals surface area contributed by atoms with Crippen LogP contribution in [-0.2, 0) is 42.7 Å². The second-order valence-corrected chi connectivity index (χ2v) is 16.8. The molecule has 53 heavy (non-hydrogen) atoms. The number of methoxy groups -OCH3 is 1. The summed E-state index contributed by atoms with van der Waals surface area (Å²) in [5.74, 6) is -0.221. The summed E-state index contributed by atoms with van der Waals surface area (Å²) in [7, 11) is 1.58. The molecule has 13 heteroatoms. The highest BCUT2D eigenvalue weighted by atomic mass is 16.6. The molecule has 0 aromatic carbocycles. The Labute approximate surface area is 312 Å². The van der Waals surface area contributed by atoms with Gasteiger partial charge in [0, 0.05) is 51.6 Å². The van der Waals surface area contributed by atoms with Gasteiger partial charge in [0.05, 0.1) is 73.8 Å². The summed E-state index contributed by atoms with van der Waals surface area (Å²) in [5, 5.41) is 42.6. The van der Waals surface area contributed by atoms with Crippen molar-refractivity contribution >= 4 is 11.6 Å². The first-order valence-electron chi connectivity index (χ1n) is 19.9. The maximum Gasteiger partial charge on any atom is 0.135 e. The van der Waals surface area contributed by atoms with Crippen molar-refractivity contribution in [2.75, 3.05) is 13.7 Å². The van der Waals surface area contributed by atoms with Gasteiger partial charge < -0.3 is 53.6 Å². The van der Waals surface area contributed by atoms with Crippen molar-refractivity contribution in [3.63, 3.8) is 0 Å². The molecule has 4 N–H and O–H groups in total. The third-order valence-corrected chi connectivity index (χ3v) is 13.1. The van der Waals surface area contributed by atoms with Crippen LogP contribution < -0.4 is 0 Å². The van der Waals surface area contributed by atoms with E-state index in [0.29, 0.717) is 32.1 Å². The number of rotatable bonds is 4. The van der Waals surface area contributed by atoms with Gasteiger partial charge in [-0.05, 0) is 62.0 Å². The van der Waals surface area contributed by atoms with Gasteiger partial charge in [0.15, 0.2) is 0 Å². The van der Waals surface area contributed by atoms with Crippen molar-refractivity contribution in [1.82, 2.24) is 0 Å². The molecule has 0 radical (unpaired) electrons. The standard InChI is InChI=1S/C40H60O13/c1-19-11-26-7-9-29-20(2)12-25(48-29)6-5-22(42)15-33-35(45)39-40(53-33)36(46)38-30(52-39)10-8-27(50-38)13-23(43)14-28-32(17-31(49-26)21(19)3)51-34(37(28)47-4)16-24(44)18-41/h19,24-41,44-46H,2-3,5-18H2,1,4H3/t19-,24+,25+,26+,27-,28+,29+,30+,31-,32+,33?,34-,35+,36+,37-,38+,39+,40+/m1/s1. The van der Waals surface area contributed by atoms with Gasteiger partial charge in [-0.15, -0.1) is 0 Å². The lowest BCUT2D eigenvalue weighted by Gasteiger charge is -2.46. The molecule has 7 aliphatic heterocycles. The van der Waals surface area contributed by atoms with E-state index in [0.717, 1.165) is 30.4 Å². The molecule has 7 saturated heterocycles. The molecule has 0 aromatic heterocycles. The third-order valence-electron chi connectivity index (χ3n) is 13.1. The van der Waals surface area contributed by atoms with E-state index >= 15 is 0 Å². The maximum atomic E-state index is 13.9. The fraction of sp³-hybridized carbons (Fsp3) is 0.850. The Morgan fingerprint density at radius 3 is 2.23 bits per heavy atom. The maximum absolute atomic E-state index is 13.9. The number of aliphatic hydroxyl groups excluding tert-OH is 4. The minimum atomic E-state index is -1.10. The average molecular weight is 749 g/mol. The van der Waals surface area contributed by atoms with E-state index in [1.54, 1.807) is 7.11 Å². The normalized spacial score (nSPS) is 47.7. The molecule has 0 spiro atoms. The number of aliphatic hydroxyl groups is 4. The predicted molar refractivity (Wildman–Crippen MR) is 189 cm³/mol. The average Bonchev–Trinajstić information content (AvgIpc) is 3.76. The van der Waals surface area contributed by atoms with Crippen LogP contribution in [-0.4, -0.2) is 143 Å². The van der Waals surface area contributed by atoms with Gasteiger partial charge in [-0.1, -0.05) is 20.1 Å². The fourth-order valence-electron chi connectivity index (χ4n) is 10.1. The Morgan fingerprint density at radius 2 is 1.45 bits per heavy atom. The SMILES string of the molecule is C=C1C[C@@H]2CCC(=O)CC3O[C@H]4[C@@H](O)[C@H]5O[C@H](CC[C@@H]5O[C@H]4[C@H]3O)CC(=O)C[C@@H]3[C@@H](OC)[C@@H](C[C@H](O)CO)O[C@H]3C[C@H]3O[C@@H](CC[C@@H]1O2)C[C@@H](C)C3=C. The lowest BCUT2D eigenvalue weighted by atomic mass is 9.81. The molecule has 0 amide bonds. The van der Waals surface area contributed by atoms with Crippen molar-refractivity contribution < 1.29 is 63.2 Å². The van der Waals surface area contributed by atoms with Crippen LogP contribution in [0.1, 0.15) is 90.4 Å². The molecule has 7 fully saturated rings. The van der Waals surface area contributed by atoms with E-state index in [2.05, 4.69) is 20.1 Å². The zero-order valence-electron chi connectivity index (χ0n) is 31.2. The van der Waals surface area contributed by atoms with E-state index in [9.17, 15) is 30.0 Å². The quantitative estimate of drug-likeness (QED) is 0.308. The lowest BCUT2D eigenvalue weighted by Crippen LogP contribution is -2.61. The van der Waals surface area contributed by atoms with E-state index < -0.39 is 79.9 Å². The number of fused-ring (bicyclic) bond motifs is 7. The fourth-order valence-corrected chi connectivity index (χ4v) is 10.1. The molecule has 7 heterocycles. The van der Waals surface area contributed by atoms with Gasteiger partial charge >= 0.3 is 0 Å². The van der Waals surface area contributed by atoms with Gasteiger partial charge in [0.1, 0.15) is 42.1 Å². The second-order valence-electron chi connectivity index (χ2n) is 16.8. The largest absolute Gasteiger partial charge is 0.394 e. The number of hydrogen-bond acceptors (Lipinski definition) is 13. The molecule has 13 nitrogen and oxygen atoms in total. The molecule has 8 bridgehead atoms. The molecule has 0 aliphatic carbocycles. The Kier molecular flexibility index (Phi) is 12.6. The monoisotopic (exact) mass is 748 g/mol. The zero-order valence-corrected chi connectivity index (χ0v) is 31.2. The topological polar surface area (TPSA) is 180 Å². The minimum Gasteiger partial charge on any atom is -0.394 e. The van der Waals surface area contributed by atoms with Crippen LogP contribution in [0.5, 0.6) is 0 Å². The number of carbonyl (C=O) groups excluding carboxylic acids is 2. The van der Waals surface area contributed by atoms with Gasteiger partial charge in [0.25, 0.3) is 0 Å². The molecule has 7 rings (SSSR count). The van der Waals surface area contributed by atoms with Crippen LogP contribution in [0, 0.1) is 11.8 Å². The molecule has 1 unspecified atom stereocenters. The van der Waals surface area contributed by atoms with E-state index in [1.807, 2.05) is 0 Å². The van der Waals surface area contributed by atoms with Gasteiger partial charge in [-0.2, -0.15) is 0 Å². The highest BCUT2D eigenvalue weighted by Crippen LogP contribution is 2.43. The van der Waals surface area contributed by atoms with E-state index in [-0.39, 0.29) is 79.9 Å². The number of ketones is 2. The van der Waals surface area contributed by atoms with Crippen LogP contribution >= 0.6 is 0 Å². The van der Waals surface area contributed by atoms with Crippen LogP contribution in [0.15, 0.2) is 24.3 Å². The highest BCUT2D eigenvalue weighted by Gasteiger charge is 2.57. The Balaban J connectivity index is 1.11. The molecular formula is C40H60O13. The summed E-state index contributed by atoms with van der Waals surface area (Å²) >= 11 is 0. The Hall–Kier alpha value is -1.62. The Bertz CT molecular complexity index is 1340. The second kappa shape index (κ2) is 16.9. The van der Waals surface area contributed by atoms with Gasteiger partial charge in [-0.3, -0.25) is 9.59 Å². The number of hydrogen-bond donors (Lipinski definition) is 4. The summed E-state index contributed by atoms with van der Waals surface area (Å²) in [6, 6.07) is 0. The molecular weight excluding hydrogens is 688 g/mol. The molecule has 298 valence electrons. The van der Waals surface area contributed by atoms with Crippen LogP contribution in [0.2, 0.25) is 0 Å². The van der Waals surface area contributed by atoms with Gasteiger partial charge in [0.2, 0.25) is 0 Å². The highest BCUT2D eigenvalue weighted by molar-refractivity contribution is 5.79. The summed E-state index contributed by atoms with van der Waals surface area (Å²) in [5.41, 5.74) is 2.00. The first-order valence-corrected chi connectivity index (χ1v) is 19.9. The van der Waals surface area contributed by atoms with Crippen LogP contribution in [0.4, 0.5) is 0 Å². The summed E-state index contributed by atoms with van der Waals surface area (Å²) in [6.07, 6.45) is -3.55. The van der Waals surface area contributed by atoms with Crippen molar-refractivity contribution in [2.45, 2.75) is 188 Å². The molecule has 0 aromatic rings. The Morgan fingerprint density at radius 1 is 0.736 bits per heavy atom. The predicted octanol–water partition coefficient (Wildman–Crippen LogP) is 2.27. The van der Waals surface area contributed by atoms with Crippen molar-refractivity contribution in [3.8, 4) is 0 Å². The zero-order chi connectivity index (χ0) is 37.6. The number of ether oxygens (including phenoxy) is 7. The van der Waals surface area contributed by atoms with Crippen molar-refractivity contribution in [3.05, 3.63) is 24.3 Å². The third kappa shape index (κ3) is 8.56. The smallest absolute Gasteiger partial charge is 0.135 e. The summed E-state index contributed by atoms with van der Waals surface area (Å²) in [4.78, 5) is 27.0. The number of Topliss-reactive ketones (excluding diaryl/α,β-unsaturated/α-hetero) is 2. The molecule has 0 saturated carbocycles. The summed E-state index contributed by atoms with van der Waals surface area (Å²) in [6.45, 7) is 10.4. The first-order chi connectivity index (χ1) is 25.4. The van der Waals surface area contributed by atoms with E-state index in [1.165, 1.54) is 0 Å². The summed E-state index contributed by atoms with van der Waals surface area (Å²) < 4.78 is 44.3. The van der Waals surface area contributed by atoms with Gasteiger partial charge in [-0.25, -0.2) is 0 Å². The lowest BCUT2D eigenvalue weighted by molar-refractivity contribution is -0.259. The van der Waals surface area contributed by atoms with Crippen molar-refractivity contribution in [1.29, 1.82) is 0 Å². The molecule has 7 aliphatic rings.